The largest absolute Gasteiger partial charge is 0.397 e. The molecule has 0 aromatic carbocycles. The zero-order valence-electron chi connectivity index (χ0n) is 10.7. The number of pyridine rings is 1. The highest BCUT2D eigenvalue weighted by molar-refractivity contribution is 5.78. The Morgan fingerprint density at radius 2 is 2.12 bits per heavy atom. The summed E-state index contributed by atoms with van der Waals surface area (Å²) in [6.07, 6.45) is 1.88. The van der Waals surface area contributed by atoms with Gasteiger partial charge in [-0.1, -0.05) is 20.8 Å². The minimum Gasteiger partial charge on any atom is -0.397 e. The summed E-state index contributed by atoms with van der Waals surface area (Å²) in [5, 5.41) is 2.92. The van der Waals surface area contributed by atoms with Crippen molar-refractivity contribution in [1.82, 2.24) is 10.3 Å². The maximum absolute atomic E-state index is 11.6. The van der Waals surface area contributed by atoms with E-state index >= 15 is 0 Å². The molecule has 0 spiro atoms. The fraction of sp³-hybridized carbons (Fsp3) is 0.538. The maximum atomic E-state index is 11.6. The molecule has 0 bridgehead atoms. The van der Waals surface area contributed by atoms with Crippen molar-refractivity contribution >= 4 is 11.6 Å². The zero-order chi connectivity index (χ0) is 12.8. The molecule has 0 aliphatic heterocycles. The summed E-state index contributed by atoms with van der Waals surface area (Å²) < 4.78 is 0. The first-order valence-corrected chi connectivity index (χ1v) is 5.96. The monoisotopic (exact) mass is 235 g/mol. The van der Waals surface area contributed by atoms with E-state index < -0.39 is 0 Å². The molecule has 1 unspecified atom stereocenters. The fourth-order valence-electron chi connectivity index (χ4n) is 1.28. The minimum atomic E-state index is 0.00905. The van der Waals surface area contributed by atoms with Gasteiger partial charge in [0.05, 0.1) is 18.3 Å². The van der Waals surface area contributed by atoms with Gasteiger partial charge in [0.25, 0.3) is 0 Å². The van der Waals surface area contributed by atoms with E-state index in [9.17, 15) is 4.79 Å². The second-order valence-corrected chi connectivity index (χ2v) is 4.79. The number of nitrogens with one attached hydrogen (secondary N) is 1. The number of amides is 1. The molecular formula is C13H21N3O. The zero-order valence-corrected chi connectivity index (χ0v) is 10.7. The first-order valence-electron chi connectivity index (χ1n) is 5.96. The third kappa shape index (κ3) is 4.85. The second-order valence-electron chi connectivity index (χ2n) is 4.79. The lowest BCUT2D eigenvalue weighted by atomic mass is 9.98. The van der Waals surface area contributed by atoms with E-state index in [0.717, 1.165) is 5.69 Å². The van der Waals surface area contributed by atoms with Gasteiger partial charge in [-0.3, -0.25) is 9.78 Å². The molecule has 3 N–H and O–H groups in total. The number of carbonyl (C=O) groups excluding carboxylic acids is 1. The number of nitrogen functional groups attached to an aromatic ring is 1. The summed E-state index contributed by atoms with van der Waals surface area (Å²) >= 11 is 0. The number of hydrogen-bond acceptors (Lipinski definition) is 3. The molecular weight excluding hydrogens is 214 g/mol. The van der Waals surface area contributed by atoms with Gasteiger partial charge in [-0.05, 0) is 24.0 Å². The molecule has 1 rings (SSSR count). The second kappa shape index (κ2) is 6.23. The molecule has 0 aliphatic rings. The molecule has 0 aliphatic carbocycles. The highest BCUT2D eigenvalue weighted by Crippen LogP contribution is 2.07. The van der Waals surface area contributed by atoms with Crippen molar-refractivity contribution in [2.75, 3.05) is 12.3 Å². The lowest BCUT2D eigenvalue weighted by Gasteiger charge is -2.15. The molecule has 1 aromatic heterocycles. The molecule has 4 heteroatoms. The molecule has 4 nitrogen and oxygen atoms in total. The van der Waals surface area contributed by atoms with E-state index in [1.54, 1.807) is 18.3 Å². The molecule has 1 heterocycles. The summed E-state index contributed by atoms with van der Waals surface area (Å²) in [6.45, 7) is 7.15. The number of nitrogens with zero attached hydrogens (tertiary/aromatic N) is 1. The van der Waals surface area contributed by atoms with Crippen LogP contribution in [0.25, 0.3) is 0 Å². The molecule has 0 radical (unpaired) electrons. The summed E-state index contributed by atoms with van der Waals surface area (Å²) in [7, 11) is 0. The molecule has 0 fully saturated rings. The van der Waals surface area contributed by atoms with Gasteiger partial charge in [-0.25, -0.2) is 0 Å². The third-order valence-electron chi connectivity index (χ3n) is 2.95. The Morgan fingerprint density at radius 3 is 2.65 bits per heavy atom. The number of nitrogens with two attached hydrogens (primary N) is 1. The van der Waals surface area contributed by atoms with Gasteiger partial charge >= 0.3 is 0 Å². The highest BCUT2D eigenvalue weighted by Gasteiger charge is 2.09. The Bertz CT molecular complexity index is 359. The van der Waals surface area contributed by atoms with Crippen LogP contribution in [0, 0.1) is 11.8 Å². The van der Waals surface area contributed by atoms with E-state index in [1.165, 1.54) is 0 Å². The van der Waals surface area contributed by atoms with Crippen molar-refractivity contribution < 1.29 is 4.79 Å². The highest BCUT2D eigenvalue weighted by atomic mass is 16.1. The average Bonchev–Trinajstić information content (AvgIpc) is 2.29. The molecule has 17 heavy (non-hydrogen) atoms. The van der Waals surface area contributed by atoms with Gasteiger partial charge in [0.2, 0.25) is 5.91 Å². The summed E-state index contributed by atoms with van der Waals surface area (Å²) in [5.41, 5.74) is 6.88. The van der Waals surface area contributed by atoms with Crippen molar-refractivity contribution in [2.24, 2.45) is 11.8 Å². The van der Waals surface area contributed by atoms with Crippen LogP contribution in [0.15, 0.2) is 18.3 Å². The molecule has 1 atom stereocenters. The number of carbonyl (C=O) groups is 1. The van der Waals surface area contributed by atoms with E-state index in [4.69, 9.17) is 5.73 Å². The van der Waals surface area contributed by atoms with Crippen molar-refractivity contribution in [3.63, 3.8) is 0 Å². The van der Waals surface area contributed by atoms with Crippen molar-refractivity contribution in [3.8, 4) is 0 Å². The van der Waals surface area contributed by atoms with Gasteiger partial charge in [0.1, 0.15) is 0 Å². The van der Waals surface area contributed by atoms with Crippen LogP contribution in [-0.2, 0) is 11.2 Å². The predicted octanol–water partition coefficient (Wildman–Crippen LogP) is 1.61. The van der Waals surface area contributed by atoms with Crippen molar-refractivity contribution in [3.05, 3.63) is 24.0 Å². The van der Waals surface area contributed by atoms with Crippen LogP contribution in [-0.4, -0.2) is 17.4 Å². The van der Waals surface area contributed by atoms with Gasteiger partial charge in [-0.15, -0.1) is 0 Å². The molecule has 1 aromatic rings. The summed E-state index contributed by atoms with van der Waals surface area (Å²) in [5.74, 6) is 1.07. The number of anilines is 1. The Morgan fingerprint density at radius 1 is 1.41 bits per heavy atom. The number of hydrogen-bond donors (Lipinski definition) is 2. The van der Waals surface area contributed by atoms with Crippen molar-refractivity contribution in [1.29, 1.82) is 0 Å². The van der Waals surface area contributed by atoms with E-state index in [1.807, 2.05) is 0 Å². The van der Waals surface area contributed by atoms with Crippen LogP contribution in [0.4, 0.5) is 5.69 Å². The summed E-state index contributed by atoms with van der Waals surface area (Å²) in [6, 6.07) is 3.53. The van der Waals surface area contributed by atoms with Gasteiger partial charge in [0, 0.05) is 12.2 Å². The number of rotatable bonds is 5. The Labute approximate surface area is 103 Å². The first-order chi connectivity index (χ1) is 7.99. The smallest absolute Gasteiger partial charge is 0.226 e. The quantitative estimate of drug-likeness (QED) is 0.814. The lowest BCUT2D eigenvalue weighted by Crippen LogP contribution is -2.31. The fourth-order valence-corrected chi connectivity index (χ4v) is 1.28. The standard InChI is InChI=1S/C13H21N3O/c1-9(2)10(3)7-16-13(17)6-12-5-4-11(14)8-15-12/h4-5,8-10H,6-7,14H2,1-3H3,(H,16,17). The maximum Gasteiger partial charge on any atom is 0.226 e. The first kappa shape index (κ1) is 13.5. The Balaban J connectivity index is 2.37. The van der Waals surface area contributed by atoms with Crippen LogP contribution in [0.3, 0.4) is 0 Å². The van der Waals surface area contributed by atoms with Crippen LogP contribution in [0.5, 0.6) is 0 Å². The van der Waals surface area contributed by atoms with Gasteiger partial charge in [-0.2, -0.15) is 0 Å². The van der Waals surface area contributed by atoms with Crippen molar-refractivity contribution in [2.45, 2.75) is 27.2 Å². The predicted molar refractivity (Wildman–Crippen MR) is 69.4 cm³/mol. The Hall–Kier alpha value is -1.58. The van der Waals surface area contributed by atoms with Gasteiger partial charge in [0.15, 0.2) is 0 Å². The molecule has 0 saturated carbocycles. The molecule has 0 saturated heterocycles. The van der Waals surface area contributed by atoms with Crippen LogP contribution in [0.2, 0.25) is 0 Å². The van der Waals surface area contributed by atoms with Crippen LogP contribution >= 0.6 is 0 Å². The van der Waals surface area contributed by atoms with E-state index in [0.29, 0.717) is 30.5 Å². The van der Waals surface area contributed by atoms with Crippen LogP contribution < -0.4 is 11.1 Å². The topological polar surface area (TPSA) is 68.0 Å². The van der Waals surface area contributed by atoms with Crippen LogP contribution in [0.1, 0.15) is 26.5 Å². The number of aromatic nitrogens is 1. The third-order valence-corrected chi connectivity index (χ3v) is 2.95. The van der Waals surface area contributed by atoms with E-state index in [2.05, 4.69) is 31.1 Å². The molecule has 94 valence electrons. The van der Waals surface area contributed by atoms with Gasteiger partial charge < -0.3 is 11.1 Å². The molecule has 1 amide bonds. The minimum absolute atomic E-state index is 0.00905. The van der Waals surface area contributed by atoms with E-state index in [-0.39, 0.29) is 5.91 Å². The average molecular weight is 235 g/mol. The Kier molecular flexibility index (Phi) is 4.94. The summed E-state index contributed by atoms with van der Waals surface area (Å²) in [4.78, 5) is 15.7. The normalized spacial score (nSPS) is 12.5. The SMILES string of the molecule is CC(C)C(C)CNC(=O)Cc1ccc(N)cn1. The lowest BCUT2D eigenvalue weighted by molar-refractivity contribution is -0.120.